The minimum Gasteiger partial charge on any atom is -0.372 e. The summed E-state index contributed by atoms with van der Waals surface area (Å²) in [6.07, 6.45) is 0. The average Bonchev–Trinajstić information content (AvgIpc) is 2.20. The van der Waals surface area contributed by atoms with Gasteiger partial charge in [-0.05, 0) is 38.1 Å². The van der Waals surface area contributed by atoms with Crippen molar-refractivity contribution in [2.45, 2.75) is 21.9 Å². The molecule has 0 spiro atoms. The van der Waals surface area contributed by atoms with E-state index in [1.54, 1.807) is 0 Å². The molecule has 0 radical (unpaired) electrons. The van der Waals surface area contributed by atoms with Gasteiger partial charge in [-0.3, -0.25) is 0 Å². The summed E-state index contributed by atoms with van der Waals surface area (Å²) in [6, 6.07) is 8.04. The first kappa shape index (κ1) is 14.3. The molecule has 1 rings (SSSR count). The van der Waals surface area contributed by atoms with Gasteiger partial charge < -0.3 is 4.90 Å². The van der Waals surface area contributed by atoms with Crippen LogP contribution in [-0.2, 0) is 0 Å². The normalized spacial score (nSPS) is 11.6. The Morgan fingerprint density at radius 1 is 1.06 bits per heavy atom. The number of nitrogens with zero attached hydrogens (tertiary/aromatic N) is 1. The Hall–Kier alpha value is 0.240. The molecule has 0 heterocycles. The lowest BCUT2D eigenvalue weighted by Gasteiger charge is -2.21. The predicted octanol–water partition coefficient (Wildman–Crippen LogP) is 4.95. The summed E-state index contributed by atoms with van der Waals surface area (Å²) in [7, 11) is 0. The monoisotopic (exact) mass is 297 g/mol. The highest BCUT2D eigenvalue weighted by molar-refractivity contribution is 8.04. The van der Waals surface area contributed by atoms with Crippen molar-refractivity contribution in [3.63, 3.8) is 0 Å². The Kier molecular flexibility index (Phi) is 5.58. The van der Waals surface area contributed by atoms with Crippen LogP contribution in [0.4, 0.5) is 5.69 Å². The molecule has 1 nitrogen and oxygen atoms in total. The summed E-state index contributed by atoms with van der Waals surface area (Å²) in [5.41, 5.74) is 1.19. The van der Waals surface area contributed by atoms with Gasteiger partial charge in [0.05, 0.1) is 0 Å². The van der Waals surface area contributed by atoms with Gasteiger partial charge >= 0.3 is 0 Å². The smallest absolute Gasteiger partial charge is 0.241 e. The van der Waals surface area contributed by atoms with Crippen molar-refractivity contribution in [3.05, 3.63) is 24.3 Å². The molecule has 0 unspecified atom stereocenters. The van der Waals surface area contributed by atoms with Crippen molar-refractivity contribution in [3.8, 4) is 0 Å². The predicted molar refractivity (Wildman–Crippen MR) is 76.2 cm³/mol. The van der Waals surface area contributed by atoms with E-state index in [4.69, 9.17) is 34.8 Å². The maximum absolute atomic E-state index is 5.71. The van der Waals surface area contributed by atoms with Crippen molar-refractivity contribution < 1.29 is 0 Å². The average molecular weight is 299 g/mol. The molecular formula is C11H14Cl3NS. The Morgan fingerprint density at radius 3 is 1.94 bits per heavy atom. The van der Waals surface area contributed by atoms with Gasteiger partial charge in [0.15, 0.2) is 0 Å². The van der Waals surface area contributed by atoms with Crippen LogP contribution in [-0.4, -0.2) is 16.2 Å². The molecule has 1 aromatic rings. The van der Waals surface area contributed by atoms with Gasteiger partial charge in [-0.2, -0.15) is 0 Å². The molecular weight excluding hydrogens is 285 g/mol. The van der Waals surface area contributed by atoms with Crippen LogP contribution >= 0.6 is 46.6 Å². The zero-order valence-corrected chi connectivity index (χ0v) is 12.3. The largest absolute Gasteiger partial charge is 0.372 e. The van der Waals surface area contributed by atoms with Gasteiger partial charge in [-0.1, -0.05) is 46.6 Å². The highest BCUT2D eigenvalue weighted by atomic mass is 35.6. The van der Waals surface area contributed by atoms with E-state index in [1.165, 1.54) is 17.4 Å². The van der Waals surface area contributed by atoms with Crippen LogP contribution in [0.2, 0.25) is 0 Å². The second kappa shape index (κ2) is 6.25. The Morgan fingerprint density at radius 2 is 1.56 bits per heavy atom. The number of halogens is 3. The van der Waals surface area contributed by atoms with Gasteiger partial charge in [0.1, 0.15) is 0 Å². The number of hydrogen-bond acceptors (Lipinski definition) is 2. The maximum atomic E-state index is 5.71. The molecule has 0 aliphatic rings. The number of hydrogen-bond donors (Lipinski definition) is 0. The second-order valence-electron chi connectivity index (χ2n) is 3.21. The van der Waals surface area contributed by atoms with E-state index >= 15 is 0 Å². The van der Waals surface area contributed by atoms with Crippen LogP contribution in [0.1, 0.15) is 13.8 Å². The minimum atomic E-state index is -1.29. The number of thioether (sulfide) groups is 1. The molecule has 0 N–H and O–H groups in total. The van der Waals surface area contributed by atoms with E-state index < -0.39 is 3.12 Å². The van der Waals surface area contributed by atoms with E-state index in [1.807, 2.05) is 24.3 Å². The van der Waals surface area contributed by atoms with Gasteiger partial charge in [0.2, 0.25) is 3.12 Å². The van der Waals surface area contributed by atoms with E-state index in [0.29, 0.717) is 0 Å². The quantitative estimate of drug-likeness (QED) is 0.571. The van der Waals surface area contributed by atoms with Crippen LogP contribution in [0.25, 0.3) is 0 Å². The summed E-state index contributed by atoms with van der Waals surface area (Å²) in [6.45, 7) is 6.25. The van der Waals surface area contributed by atoms with E-state index in [9.17, 15) is 0 Å². The number of alkyl halides is 3. The molecule has 0 aliphatic carbocycles. The lowest BCUT2D eigenvalue weighted by atomic mass is 10.3. The van der Waals surface area contributed by atoms with Crippen molar-refractivity contribution in [1.29, 1.82) is 0 Å². The molecule has 90 valence electrons. The van der Waals surface area contributed by atoms with Gasteiger partial charge in [0, 0.05) is 23.7 Å². The molecule has 0 atom stereocenters. The first-order valence-electron chi connectivity index (χ1n) is 5.07. The van der Waals surface area contributed by atoms with Crippen LogP contribution in [0, 0.1) is 0 Å². The van der Waals surface area contributed by atoms with Gasteiger partial charge in [0.25, 0.3) is 0 Å². The lowest BCUT2D eigenvalue weighted by molar-refractivity contribution is 0.865. The number of anilines is 1. The summed E-state index contributed by atoms with van der Waals surface area (Å²) in [5.74, 6) is 0. The van der Waals surface area contributed by atoms with Crippen LogP contribution in [0.3, 0.4) is 0 Å². The third-order valence-corrected chi connectivity index (χ3v) is 3.63. The first-order valence-corrected chi connectivity index (χ1v) is 7.02. The Bertz CT molecular complexity index is 317. The highest BCUT2D eigenvalue weighted by Crippen LogP contribution is 2.43. The van der Waals surface area contributed by atoms with Crippen molar-refractivity contribution in [2.24, 2.45) is 0 Å². The lowest BCUT2D eigenvalue weighted by Crippen LogP contribution is -2.21. The third-order valence-electron chi connectivity index (χ3n) is 2.20. The number of benzene rings is 1. The second-order valence-corrected chi connectivity index (χ2v) is 7.46. The summed E-state index contributed by atoms with van der Waals surface area (Å²) in [5, 5.41) is 0. The molecule has 0 aromatic heterocycles. The molecule has 0 fully saturated rings. The summed E-state index contributed by atoms with van der Waals surface area (Å²) in [4.78, 5) is 3.22. The first-order chi connectivity index (χ1) is 7.46. The zero-order valence-electron chi connectivity index (χ0n) is 9.21. The van der Waals surface area contributed by atoms with Gasteiger partial charge in [-0.25, -0.2) is 0 Å². The topological polar surface area (TPSA) is 3.24 Å². The van der Waals surface area contributed by atoms with Crippen LogP contribution < -0.4 is 4.90 Å². The van der Waals surface area contributed by atoms with Crippen LogP contribution in [0.5, 0.6) is 0 Å². The van der Waals surface area contributed by atoms with E-state index in [-0.39, 0.29) is 0 Å². The summed E-state index contributed by atoms with van der Waals surface area (Å²) < 4.78 is -1.29. The summed E-state index contributed by atoms with van der Waals surface area (Å²) >= 11 is 18.3. The highest BCUT2D eigenvalue weighted by Gasteiger charge is 2.21. The van der Waals surface area contributed by atoms with Gasteiger partial charge in [-0.15, -0.1) is 0 Å². The van der Waals surface area contributed by atoms with Crippen molar-refractivity contribution in [1.82, 2.24) is 0 Å². The molecule has 0 saturated carbocycles. The minimum absolute atomic E-state index is 0.955. The molecule has 16 heavy (non-hydrogen) atoms. The maximum Gasteiger partial charge on any atom is 0.241 e. The van der Waals surface area contributed by atoms with E-state index in [0.717, 1.165) is 18.0 Å². The Balaban J connectivity index is 2.75. The SMILES string of the molecule is CCN(CC)c1ccc(SC(Cl)(Cl)Cl)cc1. The standard InChI is InChI=1S/C11H14Cl3NS/c1-3-15(4-2)9-5-7-10(8-6-9)16-11(12,13)14/h5-8H,3-4H2,1-2H3. The molecule has 0 saturated heterocycles. The fourth-order valence-electron chi connectivity index (χ4n) is 1.45. The molecule has 0 amide bonds. The fraction of sp³-hybridized carbons (Fsp3) is 0.455. The van der Waals surface area contributed by atoms with Crippen molar-refractivity contribution in [2.75, 3.05) is 18.0 Å². The molecule has 0 bridgehead atoms. The zero-order chi connectivity index (χ0) is 12.2. The Labute approximate surface area is 116 Å². The molecule has 1 aromatic carbocycles. The van der Waals surface area contributed by atoms with E-state index in [2.05, 4.69) is 18.7 Å². The van der Waals surface area contributed by atoms with Crippen LogP contribution in [0.15, 0.2) is 29.2 Å². The molecule has 5 heteroatoms. The number of rotatable bonds is 4. The van der Waals surface area contributed by atoms with Crippen molar-refractivity contribution >= 4 is 52.3 Å². The third kappa shape index (κ3) is 4.62. The fourth-order valence-corrected chi connectivity index (χ4v) is 2.79. The molecule has 0 aliphatic heterocycles.